The summed E-state index contributed by atoms with van der Waals surface area (Å²) in [4.78, 5) is 27.5. The molecule has 6 heteroatoms. The second-order valence-corrected chi connectivity index (χ2v) is 6.01. The fourth-order valence-electron chi connectivity index (χ4n) is 1.95. The van der Waals surface area contributed by atoms with E-state index >= 15 is 0 Å². The molecule has 1 heterocycles. The maximum atomic E-state index is 12.2. The highest BCUT2D eigenvalue weighted by Gasteiger charge is 2.33. The Morgan fingerprint density at radius 1 is 1.23 bits per heavy atom. The topological polar surface area (TPSA) is 92.4 Å². The van der Waals surface area contributed by atoms with E-state index in [0.717, 1.165) is 5.56 Å². The molecule has 1 atom stereocenters. The van der Waals surface area contributed by atoms with Crippen LogP contribution < -0.4 is 5.32 Å². The molecule has 0 fully saturated rings. The lowest BCUT2D eigenvalue weighted by molar-refractivity contribution is -0.142. The Balaban J connectivity index is 2.17. The average Bonchev–Trinajstić information content (AvgIpc) is 2.93. The van der Waals surface area contributed by atoms with Crippen molar-refractivity contribution in [1.82, 2.24) is 10.3 Å². The number of benzene rings is 1. The molecular weight excluding hydrogens is 284 g/mol. The van der Waals surface area contributed by atoms with Gasteiger partial charge in [-0.15, -0.1) is 0 Å². The van der Waals surface area contributed by atoms with Gasteiger partial charge in [0, 0.05) is 5.56 Å². The van der Waals surface area contributed by atoms with E-state index in [2.05, 4.69) is 10.3 Å². The predicted molar refractivity (Wildman–Crippen MR) is 80.3 cm³/mol. The van der Waals surface area contributed by atoms with E-state index in [1.165, 1.54) is 6.26 Å². The number of aliphatic carboxylic acids is 1. The van der Waals surface area contributed by atoms with Crippen LogP contribution in [-0.4, -0.2) is 28.0 Å². The standard InChI is InChI=1S/C16H18N2O4/c1-16(2,3)12(15(20)21)18-13(19)11-9-22-14(17-11)10-7-5-4-6-8-10/h4-9,12H,1-3H3,(H,18,19)(H,20,21)/t12-/m0/s1. The molecule has 1 aromatic carbocycles. The Morgan fingerprint density at radius 2 is 1.86 bits per heavy atom. The molecule has 0 bridgehead atoms. The largest absolute Gasteiger partial charge is 0.480 e. The number of nitrogens with zero attached hydrogens (tertiary/aromatic N) is 1. The summed E-state index contributed by atoms with van der Waals surface area (Å²) in [5.74, 6) is -1.35. The van der Waals surface area contributed by atoms with Crippen LogP contribution in [-0.2, 0) is 4.79 Å². The van der Waals surface area contributed by atoms with Crippen molar-refractivity contribution in [3.63, 3.8) is 0 Å². The minimum atomic E-state index is -1.09. The third kappa shape index (κ3) is 3.52. The number of oxazole rings is 1. The van der Waals surface area contributed by atoms with E-state index in [-0.39, 0.29) is 5.69 Å². The summed E-state index contributed by atoms with van der Waals surface area (Å²) in [5, 5.41) is 11.7. The van der Waals surface area contributed by atoms with Crippen molar-refractivity contribution in [3.8, 4) is 11.5 Å². The summed E-state index contributed by atoms with van der Waals surface area (Å²) < 4.78 is 5.28. The number of carbonyl (C=O) groups excluding carboxylic acids is 1. The van der Waals surface area contributed by atoms with E-state index in [9.17, 15) is 14.7 Å². The van der Waals surface area contributed by atoms with Crippen molar-refractivity contribution in [3.05, 3.63) is 42.3 Å². The molecule has 22 heavy (non-hydrogen) atoms. The number of nitrogens with one attached hydrogen (secondary N) is 1. The van der Waals surface area contributed by atoms with Crippen LogP contribution in [0.15, 0.2) is 41.0 Å². The van der Waals surface area contributed by atoms with Crippen molar-refractivity contribution in [2.75, 3.05) is 0 Å². The minimum Gasteiger partial charge on any atom is -0.480 e. The van der Waals surface area contributed by atoms with Gasteiger partial charge >= 0.3 is 5.97 Å². The van der Waals surface area contributed by atoms with Crippen LogP contribution in [0.4, 0.5) is 0 Å². The lowest BCUT2D eigenvalue weighted by Gasteiger charge is -2.27. The third-order valence-electron chi connectivity index (χ3n) is 3.15. The number of carboxylic acid groups (broad SMARTS) is 1. The number of carbonyl (C=O) groups is 2. The number of aromatic nitrogens is 1. The second kappa shape index (κ2) is 6.01. The lowest BCUT2D eigenvalue weighted by atomic mass is 9.87. The SMILES string of the molecule is CC(C)(C)[C@@H](NC(=O)c1coc(-c2ccccc2)n1)C(=O)O. The maximum Gasteiger partial charge on any atom is 0.326 e. The average molecular weight is 302 g/mol. The number of rotatable bonds is 4. The summed E-state index contributed by atoms with van der Waals surface area (Å²) in [6, 6.07) is 8.13. The van der Waals surface area contributed by atoms with Crippen LogP contribution in [0.1, 0.15) is 31.3 Å². The summed E-state index contributed by atoms with van der Waals surface area (Å²) in [6.07, 6.45) is 1.22. The number of hydrogen-bond acceptors (Lipinski definition) is 4. The van der Waals surface area contributed by atoms with E-state index in [4.69, 9.17) is 4.42 Å². The van der Waals surface area contributed by atoms with Crippen LogP contribution in [0.25, 0.3) is 11.5 Å². The molecule has 0 unspecified atom stereocenters. The molecule has 1 aromatic heterocycles. The van der Waals surface area contributed by atoms with Gasteiger partial charge in [-0.25, -0.2) is 9.78 Å². The van der Waals surface area contributed by atoms with E-state index in [1.807, 2.05) is 30.3 Å². The summed E-state index contributed by atoms with van der Waals surface area (Å²) in [7, 11) is 0. The molecule has 0 saturated heterocycles. The van der Waals surface area contributed by atoms with Gasteiger partial charge in [0.15, 0.2) is 5.69 Å². The first-order valence-corrected chi connectivity index (χ1v) is 6.83. The molecule has 116 valence electrons. The fraction of sp³-hybridized carbons (Fsp3) is 0.312. The highest BCUT2D eigenvalue weighted by Crippen LogP contribution is 2.21. The van der Waals surface area contributed by atoms with Gasteiger partial charge in [-0.1, -0.05) is 39.0 Å². The number of amides is 1. The first-order chi connectivity index (χ1) is 10.3. The molecule has 2 N–H and O–H groups in total. The molecule has 6 nitrogen and oxygen atoms in total. The molecule has 0 radical (unpaired) electrons. The molecule has 1 amide bonds. The Hall–Kier alpha value is -2.63. The van der Waals surface area contributed by atoms with Gasteiger partial charge in [0.2, 0.25) is 5.89 Å². The second-order valence-electron chi connectivity index (χ2n) is 6.01. The summed E-state index contributed by atoms with van der Waals surface area (Å²) >= 11 is 0. The van der Waals surface area contributed by atoms with Gasteiger partial charge in [-0.2, -0.15) is 0 Å². The zero-order chi connectivity index (χ0) is 16.3. The highest BCUT2D eigenvalue weighted by molar-refractivity contribution is 5.95. The first-order valence-electron chi connectivity index (χ1n) is 6.83. The molecule has 0 aliphatic heterocycles. The van der Waals surface area contributed by atoms with Gasteiger partial charge in [0.1, 0.15) is 12.3 Å². The number of hydrogen-bond donors (Lipinski definition) is 2. The highest BCUT2D eigenvalue weighted by atomic mass is 16.4. The smallest absolute Gasteiger partial charge is 0.326 e. The molecule has 2 aromatic rings. The zero-order valence-electron chi connectivity index (χ0n) is 12.7. The Bertz CT molecular complexity index is 671. The molecule has 0 saturated carbocycles. The molecule has 0 spiro atoms. The normalized spacial score (nSPS) is 12.7. The Kier molecular flexibility index (Phi) is 4.30. The van der Waals surface area contributed by atoms with Crippen molar-refractivity contribution in [1.29, 1.82) is 0 Å². The van der Waals surface area contributed by atoms with Crippen LogP contribution in [0.3, 0.4) is 0 Å². The molecule has 0 aliphatic rings. The Morgan fingerprint density at radius 3 is 2.41 bits per heavy atom. The third-order valence-corrected chi connectivity index (χ3v) is 3.15. The van der Waals surface area contributed by atoms with Crippen LogP contribution in [0, 0.1) is 5.41 Å². The lowest BCUT2D eigenvalue weighted by Crippen LogP contribution is -2.49. The van der Waals surface area contributed by atoms with Gasteiger partial charge in [-0.3, -0.25) is 4.79 Å². The quantitative estimate of drug-likeness (QED) is 0.905. The molecular formula is C16H18N2O4. The van der Waals surface area contributed by atoms with Crippen molar-refractivity contribution in [2.45, 2.75) is 26.8 Å². The summed E-state index contributed by atoms with van der Waals surface area (Å²) in [5.41, 5.74) is 0.175. The van der Waals surface area contributed by atoms with Gasteiger partial charge in [0.25, 0.3) is 5.91 Å². The van der Waals surface area contributed by atoms with Crippen LogP contribution in [0.2, 0.25) is 0 Å². The van der Waals surface area contributed by atoms with Gasteiger partial charge in [0.05, 0.1) is 0 Å². The van der Waals surface area contributed by atoms with Crippen LogP contribution >= 0.6 is 0 Å². The maximum absolute atomic E-state index is 12.2. The van der Waals surface area contributed by atoms with Crippen molar-refractivity contribution in [2.24, 2.45) is 5.41 Å². The monoisotopic (exact) mass is 302 g/mol. The Labute approximate surface area is 128 Å². The number of carboxylic acids is 1. The van der Waals surface area contributed by atoms with Gasteiger partial charge < -0.3 is 14.8 Å². The first kappa shape index (κ1) is 15.8. The predicted octanol–water partition coefficient (Wildman–Crippen LogP) is 2.57. The van der Waals surface area contributed by atoms with Gasteiger partial charge in [-0.05, 0) is 17.5 Å². The molecule has 0 aliphatic carbocycles. The minimum absolute atomic E-state index is 0.0503. The van der Waals surface area contributed by atoms with E-state index < -0.39 is 23.3 Å². The zero-order valence-corrected chi connectivity index (χ0v) is 12.7. The fourth-order valence-corrected chi connectivity index (χ4v) is 1.95. The van der Waals surface area contributed by atoms with Crippen molar-refractivity contribution < 1.29 is 19.1 Å². The van der Waals surface area contributed by atoms with E-state index in [0.29, 0.717) is 5.89 Å². The van der Waals surface area contributed by atoms with E-state index in [1.54, 1.807) is 20.8 Å². The van der Waals surface area contributed by atoms with Crippen LogP contribution in [0.5, 0.6) is 0 Å². The van der Waals surface area contributed by atoms with Crippen molar-refractivity contribution >= 4 is 11.9 Å². The molecule has 2 rings (SSSR count). The summed E-state index contributed by atoms with van der Waals surface area (Å²) in [6.45, 7) is 5.22.